The highest BCUT2D eigenvalue weighted by Crippen LogP contribution is 2.34. The van der Waals surface area contributed by atoms with Crippen LogP contribution in [0.2, 0.25) is 5.02 Å². The third-order valence-corrected chi connectivity index (χ3v) is 6.27. The summed E-state index contributed by atoms with van der Waals surface area (Å²) in [4.78, 5) is 26.0. The van der Waals surface area contributed by atoms with Crippen LogP contribution in [0, 0.1) is 0 Å². The topological polar surface area (TPSA) is 84.2 Å². The molecule has 0 aliphatic carbocycles. The second-order valence-corrected chi connectivity index (χ2v) is 9.92. The average Bonchev–Trinajstić information content (AvgIpc) is 2.85. The molecule has 0 radical (unpaired) electrons. The zero-order valence-electron chi connectivity index (χ0n) is 20.6. The van der Waals surface area contributed by atoms with Crippen molar-refractivity contribution in [3.8, 4) is 11.1 Å². The van der Waals surface area contributed by atoms with Gasteiger partial charge in [-0.3, -0.25) is 9.59 Å². The lowest BCUT2D eigenvalue weighted by Gasteiger charge is -2.30. The number of nitrogens with one attached hydrogen (secondary N) is 2. The normalized spacial score (nSPS) is 14.4. The SMILES string of the molecule is C[C@@H](c1ccc(-c2ccccc2)cc1)[C@H](NC(=O)C(C)(C)N)C(=O)NC(c1ccc(Cl)cc1)C(F)(F)F. The molecular weight excluding hydrogens is 503 g/mol. The number of alkyl halides is 3. The van der Waals surface area contributed by atoms with Crippen molar-refractivity contribution in [3.05, 3.63) is 95.0 Å². The predicted octanol–water partition coefficient (Wildman–Crippen LogP) is 5.75. The van der Waals surface area contributed by atoms with Gasteiger partial charge >= 0.3 is 6.18 Å². The molecule has 196 valence electrons. The second kappa shape index (κ2) is 11.4. The highest BCUT2D eigenvalue weighted by atomic mass is 35.5. The van der Waals surface area contributed by atoms with Crippen molar-refractivity contribution in [2.24, 2.45) is 5.73 Å². The fourth-order valence-corrected chi connectivity index (χ4v) is 3.91. The van der Waals surface area contributed by atoms with Gasteiger partial charge in [0.25, 0.3) is 0 Å². The smallest absolute Gasteiger partial charge is 0.342 e. The van der Waals surface area contributed by atoms with Crippen LogP contribution < -0.4 is 16.4 Å². The van der Waals surface area contributed by atoms with E-state index in [1.807, 2.05) is 42.5 Å². The van der Waals surface area contributed by atoms with Gasteiger partial charge in [0.05, 0.1) is 5.54 Å². The molecule has 0 bridgehead atoms. The molecule has 2 amide bonds. The molecular formula is C28H29ClF3N3O2. The van der Waals surface area contributed by atoms with Gasteiger partial charge in [0.15, 0.2) is 6.04 Å². The van der Waals surface area contributed by atoms with E-state index in [0.717, 1.165) is 11.1 Å². The van der Waals surface area contributed by atoms with Crippen molar-refractivity contribution in [1.82, 2.24) is 10.6 Å². The first-order valence-electron chi connectivity index (χ1n) is 11.6. The van der Waals surface area contributed by atoms with Crippen LogP contribution in [0.5, 0.6) is 0 Å². The predicted molar refractivity (Wildman–Crippen MR) is 139 cm³/mol. The third kappa shape index (κ3) is 7.33. The van der Waals surface area contributed by atoms with Gasteiger partial charge in [0.2, 0.25) is 11.8 Å². The first-order chi connectivity index (χ1) is 17.3. The number of hydrogen-bond acceptors (Lipinski definition) is 3. The maximum Gasteiger partial charge on any atom is 0.412 e. The van der Waals surface area contributed by atoms with E-state index < -0.39 is 41.5 Å². The number of hydrogen-bond donors (Lipinski definition) is 3. The van der Waals surface area contributed by atoms with Gasteiger partial charge in [0.1, 0.15) is 6.04 Å². The van der Waals surface area contributed by atoms with Crippen molar-refractivity contribution in [1.29, 1.82) is 0 Å². The highest BCUT2D eigenvalue weighted by molar-refractivity contribution is 6.30. The second-order valence-electron chi connectivity index (χ2n) is 9.48. The summed E-state index contributed by atoms with van der Waals surface area (Å²) in [7, 11) is 0. The van der Waals surface area contributed by atoms with Gasteiger partial charge in [-0.2, -0.15) is 13.2 Å². The van der Waals surface area contributed by atoms with E-state index in [-0.39, 0.29) is 10.6 Å². The van der Waals surface area contributed by atoms with Gasteiger partial charge in [-0.25, -0.2) is 0 Å². The Bertz CT molecular complexity index is 1210. The van der Waals surface area contributed by atoms with E-state index in [9.17, 15) is 22.8 Å². The van der Waals surface area contributed by atoms with E-state index >= 15 is 0 Å². The molecule has 0 aliphatic rings. The van der Waals surface area contributed by atoms with Crippen molar-refractivity contribution < 1.29 is 22.8 Å². The Morgan fingerprint density at radius 2 is 1.32 bits per heavy atom. The van der Waals surface area contributed by atoms with Crippen LogP contribution in [0.3, 0.4) is 0 Å². The van der Waals surface area contributed by atoms with Gasteiger partial charge < -0.3 is 16.4 Å². The van der Waals surface area contributed by atoms with Crippen molar-refractivity contribution in [2.75, 3.05) is 0 Å². The maximum atomic E-state index is 14.0. The Morgan fingerprint density at radius 3 is 1.84 bits per heavy atom. The molecule has 0 spiro atoms. The summed E-state index contributed by atoms with van der Waals surface area (Å²) < 4.78 is 41.9. The number of carbonyl (C=O) groups excluding carboxylic acids is 2. The number of benzene rings is 3. The zero-order chi connectivity index (χ0) is 27.4. The summed E-state index contributed by atoms with van der Waals surface area (Å²) >= 11 is 5.82. The zero-order valence-corrected chi connectivity index (χ0v) is 21.4. The molecule has 0 saturated heterocycles. The fraction of sp³-hybridized carbons (Fsp3) is 0.286. The van der Waals surface area contributed by atoms with Gasteiger partial charge in [-0.15, -0.1) is 0 Å². The van der Waals surface area contributed by atoms with E-state index in [1.54, 1.807) is 19.1 Å². The summed E-state index contributed by atoms with van der Waals surface area (Å²) in [6.07, 6.45) is -4.79. The van der Waals surface area contributed by atoms with Gasteiger partial charge in [-0.1, -0.05) is 85.3 Å². The fourth-order valence-electron chi connectivity index (χ4n) is 3.79. The first-order valence-corrected chi connectivity index (χ1v) is 12.0. The largest absolute Gasteiger partial charge is 0.412 e. The summed E-state index contributed by atoms with van der Waals surface area (Å²) in [6.45, 7) is 4.56. The average molecular weight is 532 g/mol. The molecule has 37 heavy (non-hydrogen) atoms. The lowest BCUT2D eigenvalue weighted by molar-refractivity contribution is -0.164. The molecule has 3 atom stereocenters. The molecule has 0 saturated carbocycles. The molecule has 1 unspecified atom stereocenters. The molecule has 0 aromatic heterocycles. The number of rotatable bonds is 8. The van der Waals surface area contributed by atoms with Gasteiger partial charge in [-0.05, 0) is 48.2 Å². The molecule has 3 rings (SSSR count). The maximum absolute atomic E-state index is 14.0. The van der Waals surface area contributed by atoms with Crippen LogP contribution in [0.25, 0.3) is 11.1 Å². The van der Waals surface area contributed by atoms with Crippen LogP contribution in [-0.2, 0) is 9.59 Å². The Balaban J connectivity index is 1.92. The lowest BCUT2D eigenvalue weighted by atomic mass is 9.90. The molecule has 0 fully saturated rings. The number of carbonyl (C=O) groups is 2. The Hall–Kier alpha value is -3.36. The Kier molecular flexibility index (Phi) is 8.66. The van der Waals surface area contributed by atoms with E-state index in [1.165, 1.54) is 38.1 Å². The third-order valence-electron chi connectivity index (χ3n) is 6.02. The summed E-state index contributed by atoms with van der Waals surface area (Å²) in [5, 5.41) is 4.89. The molecule has 9 heteroatoms. The van der Waals surface area contributed by atoms with Crippen molar-refractivity contribution in [2.45, 2.75) is 50.5 Å². The van der Waals surface area contributed by atoms with Crippen LogP contribution in [0.15, 0.2) is 78.9 Å². The minimum Gasteiger partial charge on any atom is -0.342 e. The van der Waals surface area contributed by atoms with E-state index in [0.29, 0.717) is 5.56 Å². The van der Waals surface area contributed by atoms with Gasteiger partial charge in [0, 0.05) is 10.9 Å². The van der Waals surface area contributed by atoms with Crippen LogP contribution in [0.1, 0.15) is 43.9 Å². The van der Waals surface area contributed by atoms with Crippen molar-refractivity contribution >= 4 is 23.4 Å². The Labute approximate surface area is 219 Å². The van der Waals surface area contributed by atoms with E-state index in [2.05, 4.69) is 10.6 Å². The number of halogens is 4. The molecule has 4 N–H and O–H groups in total. The van der Waals surface area contributed by atoms with Crippen LogP contribution in [0.4, 0.5) is 13.2 Å². The summed E-state index contributed by atoms with van der Waals surface area (Å²) in [6, 6.07) is 18.3. The standard InChI is InChI=1S/C28H29ClF3N3O2/c1-17(18-9-11-20(12-10-18)19-7-5-4-6-8-19)23(34-26(37)27(2,3)33)25(36)35-24(28(30,31)32)21-13-15-22(29)16-14-21/h4-17,23-24H,33H2,1-3H3,(H,34,37)(H,35,36)/t17-,23-,24?/m0/s1. The lowest BCUT2D eigenvalue weighted by Crippen LogP contribution is -2.58. The molecule has 3 aromatic carbocycles. The summed E-state index contributed by atoms with van der Waals surface area (Å²) in [5.74, 6) is -2.33. The highest BCUT2D eigenvalue weighted by Gasteiger charge is 2.44. The van der Waals surface area contributed by atoms with Crippen LogP contribution in [-0.4, -0.2) is 29.6 Å². The molecule has 0 heterocycles. The number of amides is 2. The quantitative estimate of drug-likeness (QED) is 0.346. The molecule has 5 nitrogen and oxygen atoms in total. The molecule has 0 aliphatic heterocycles. The summed E-state index contributed by atoms with van der Waals surface area (Å²) in [5.41, 5.74) is 6.94. The monoisotopic (exact) mass is 531 g/mol. The Morgan fingerprint density at radius 1 is 0.811 bits per heavy atom. The minimum absolute atomic E-state index is 0.186. The molecule has 3 aromatic rings. The van der Waals surface area contributed by atoms with Crippen LogP contribution >= 0.6 is 11.6 Å². The van der Waals surface area contributed by atoms with Crippen molar-refractivity contribution in [3.63, 3.8) is 0 Å². The minimum atomic E-state index is -4.79. The first kappa shape index (κ1) is 28.2. The van der Waals surface area contributed by atoms with E-state index in [4.69, 9.17) is 17.3 Å². The number of nitrogens with two attached hydrogens (primary N) is 1.